The van der Waals surface area contributed by atoms with Gasteiger partial charge in [-0.05, 0) is 49.2 Å². The number of carbonyl (C=O) groups excluding carboxylic acids is 1. The van der Waals surface area contributed by atoms with Crippen LogP contribution in [0.25, 0.3) is 10.9 Å². The molecule has 1 heterocycles. The molecule has 0 fully saturated rings. The van der Waals surface area contributed by atoms with E-state index in [0.29, 0.717) is 16.4 Å². The van der Waals surface area contributed by atoms with Crippen molar-refractivity contribution in [1.82, 2.24) is 4.98 Å². The summed E-state index contributed by atoms with van der Waals surface area (Å²) in [5, 5.41) is 4.49. The number of H-pyrrole nitrogens is 1. The second-order valence-electron chi connectivity index (χ2n) is 5.45. The summed E-state index contributed by atoms with van der Waals surface area (Å²) in [5.41, 5.74) is 3.94. The van der Waals surface area contributed by atoms with Crippen molar-refractivity contribution in [3.05, 3.63) is 58.2 Å². The molecular weight excluding hydrogens is 312 g/mol. The van der Waals surface area contributed by atoms with Crippen molar-refractivity contribution in [2.24, 2.45) is 0 Å². The van der Waals surface area contributed by atoms with Gasteiger partial charge >= 0.3 is 0 Å². The number of benzene rings is 2. The zero-order valence-electron chi connectivity index (χ0n) is 13.2. The topological polar surface area (TPSA) is 54.1 Å². The van der Waals surface area contributed by atoms with Gasteiger partial charge in [0.2, 0.25) is 0 Å². The quantitative estimate of drug-likeness (QED) is 0.732. The Labute approximate surface area is 139 Å². The Bertz CT molecular complexity index is 899. The first-order valence-corrected chi connectivity index (χ1v) is 7.61. The van der Waals surface area contributed by atoms with E-state index in [2.05, 4.69) is 10.3 Å². The van der Waals surface area contributed by atoms with Gasteiger partial charge in [-0.3, -0.25) is 4.79 Å². The van der Waals surface area contributed by atoms with E-state index in [-0.39, 0.29) is 5.91 Å². The molecule has 0 aliphatic carbocycles. The summed E-state index contributed by atoms with van der Waals surface area (Å²) in [7, 11) is 1.62. The maximum atomic E-state index is 12.5. The van der Waals surface area contributed by atoms with Gasteiger partial charge in [0.15, 0.2) is 0 Å². The number of anilines is 1. The molecule has 5 heteroatoms. The average molecular weight is 329 g/mol. The van der Waals surface area contributed by atoms with E-state index in [9.17, 15) is 4.79 Å². The highest BCUT2D eigenvalue weighted by Gasteiger charge is 2.15. The lowest BCUT2D eigenvalue weighted by Gasteiger charge is -2.06. The zero-order valence-corrected chi connectivity index (χ0v) is 13.9. The summed E-state index contributed by atoms with van der Waals surface area (Å²) in [6.45, 7) is 3.84. The minimum absolute atomic E-state index is 0.197. The minimum Gasteiger partial charge on any atom is -0.497 e. The van der Waals surface area contributed by atoms with Crippen LogP contribution in [0.2, 0.25) is 5.02 Å². The summed E-state index contributed by atoms with van der Waals surface area (Å²) in [6.07, 6.45) is 0. The van der Waals surface area contributed by atoms with E-state index in [1.165, 1.54) is 0 Å². The van der Waals surface area contributed by atoms with E-state index in [0.717, 1.165) is 27.8 Å². The molecule has 4 nitrogen and oxygen atoms in total. The van der Waals surface area contributed by atoms with Crippen LogP contribution in [-0.2, 0) is 0 Å². The normalized spacial score (nSPS) is 10.8. The van der Waals surface area contributed by atoms with Crippen molar-refractivity contribution in [2.75, 3.05) is 12.4 Å². The highest BCUT2D eigenvalue weighted by molar-refractivity contribution is 6.31. The lowest BCUT2D eigenvalue weighted by molar-refractivity contribution is 0.102. The number of aromatic nitrogens is 1. The van der Waals surface area contributed by atoms with Crippen molar-refractivity contribution in [1.29, 1.82) is 0 Å². The Hall–Kier alpha value is -2.46. The monoisotopic (exact) mass is 328 g/mol. The minimum atomic E-state index is -0.197. The first kappa shape index (κ1) is 15.4. The molecule has 1 amide bonds. The molecule has 0 bridgehead atoms. The van der Waals surface area contributed by atoms with Gasteiger partial charge in [-0.1, -0.05) is 17.7 Å². The van der Waals surface area contributed by atoms with Gasteiger partial charge in [0.25, 0.3) is 5.91 Å². The van der Waals surface area contributed by atoms with Gasteiger partial charge in [0.05, 0.1) is 7.11 Å². The van der Waals surface area contributed by atoms with Crippen LogP contribution >= 0.6 is 11.6 Å². The predicted molar refractivity (Wildman–Crippen MR) is 93.7 cm³/mol. The van der Waals surface area contributed by atoms with E-state index in [4.69, 9.17) is 16.3 Å². The van der Waals surface area contributed by atoms with Crippen LogP contribution in [0.15, 0.2) is 36.4 Å². The zero-order chi connectivity index (χ0) is 16.6. The van der Waals surface area contributed by atoms with Gasteiger partial charge < -0.3 is 15.0 Å². The van der Waals surface area contributed by atoms with Crippen LogP contribution in [0.1, 0.15) is 21.6 Å². The van der Waals surface area contributed by atoms with Crippen molar-refractivity contribution in [3.8, 4) is 5.75 Å². The number of halogens is 1. The lowest BCUT2D eigenvalue weighted by atomic mass is 10.1. The van der Waals surface area contributed by atoms with Gasteiger partial charge in [0.1, 0.15) is 11.4 Å². The van der Waals surface area contributed by atoms with Crippen molar-refractivity contribution in [3.63, 3.8) is 0 Å². The number of amides is 1. The molecule has 3 aromatic rings. The molecule has 0 atom stereocenters. The van der Waals surface area contributed by atoms with Crippen LogP contribution in [0, 0.1) is 13.8 Å². The Morgan fingerprint density at radius 3 is 2.65 bits per heavy atom. The number of hydrogen-bond acceptors (Lipinski definition) is 2. The molecule has 3 rings (SSSR count). The van der Waals surface area contributed by atoms with Gasteiger partial charge in [-0.15, -0.1) is 0 Å². The number of ether oxygens (including phenoxy) is 1. The smallest absolute Gasteiger partial charge is 0.272 e. The number of fused-ring (bicyclic) bond motifs is 1. The van der Waals surface area contributed by atoms with E-state index >= 15 is 0 Å². The molecule has 0 saturated carbocycles. The molecule has 0 spiro atoms. The molecular formula is C18H17ClN2O2. The molecule has 0 aliphatic heterocycles. The molecule has 0 radical (unpaired) electrons. The van der Waals surface area contributed by atoms with Crippen LogP contribution in [0.4, 0.5) is 5.69 Å². The number of nitrogens with one attached hydrogen (secondary N) is 2. The summed E-state index contributed by atoms with van der Waals surface area (Å²) in [5.74, 6) is 0.550. The Kier molecular flexibility index (Phi) is 4.01. The van der Waals surface area contributed by atoms with Gasteiger partial charge in [-0.2, -0.15) is 0 Å². The Balaban J connectivity index is 1.94. The molecule has 118 valence electrons. The van der Waals surface area contributed by atoms with Crippen LogP contribution < -0.4 is 10.1 Å². The Morgan fingerprint density at radius 2 is 1.96 bits per heavy atom. The SMILES string of the molecule is COc1ccc2c(C)c(C(=O)Nc3ccc(C)c(Cl)c3)[nH]c2c1. The molecule has 0 aliphatic rings. The fourth-order valence-electron chi connectivity index (χ4n) is 2.54. The number of methoxy groups -OCH3 is 1. The molecule has 2 aromatic carbocycles. The van der Waals surface area contributed by atoms with E-state index < -0.39 is 0 Å². The van der Waals surface area contributed by atoms with Crippen LogP contribution in [0.3, 0.4) is 0 Å². The van der Waals surface area contributed by atoms with Crippen molar-refractivity contribution < 1.29 is 9.53 Å². The summed E-state index contributed by atoms with van der Waals surface area (Å²) in [4.78, 5) is 15.7. The van der Waals surface area contributed by atoms with E-state index in [1.807, 2.05) is 44.2 Å². The summed E-state index contributed by atoms with van der Waals surface area (Å²) >= 11 is 6.10. The number of rotatable bonds is 3. The molecule has 23 heavy (non-hydrogen) atoms. The van der Waals surface area contributed by atoms with Crippen LogP contribution in [-0.4, -0.2) is 18.0 Å². The van der Waals surface area contributed by atoms with Gasteiger partial charge in [0, 0.05) is 27.7 Å². The molecule has 2 N–H and O–H groups in total. The third-order valence-corrected chi connectivity index (χ3v) is 4.33. The third kappa shape index (κ3) is 2.90. The number of carbonyl (C=O) groups is 1. The Morgan fingerprint density at radius 1 is 1.17 bits per heavy atom. The first-order chi connectivity index (χ1) is 11.0. The molecule has 0 saturated heterocycles. The van der Waals surface area contributed by atoms with Crippen LogP contribution in [0.5, 0.6) is 5.75 Å². The number of aromatic amines is 1. The fraction of sp³-hybridized carbons (Fsp3) is 0.167. The highest BCUT2D eigenvalue weighted by atomic mass is 35.5. The second-order valence-corrected chi connectivity index (χ2v) is 5.86. The van der Waals surface area contributed by atoms with E-state index in [1.54, 1.807) is 13.2 Å². The highest BCUT2D eigenvalue weighted by Crippen LogP contribution is 2.26. The molecule has 1 aromatic heterocycles. The van der Waals surface area contributed by atoms with Crippen molar-refractivity contribution in [2.45, 2.75) is 13.8 Å². The maximum absolute atomic E-state index is 12.5. The standard InChI is InChI=1S/C18H17ClN2O2/c1-10-4-5-12(8-15(10)19)20-18(22)17-11(2)14-7-6-13(23-3)9-16(14)21-17/h4-9,21H,1-3H3,(H,20,22). The summed E-state index contributed by atoms with van der Waals surface area (Å²) < 4.78 is 5.22. The predicted octanol–water partition coefficient (Wildman–Crippen LogP) is 4.70. The van der Waals surface area contributed by atoms with Gasteiger partial charge in [-0.25, -0.2) is 0 Å². The lowest BCUT2D eigenvalue weighted by Crippen LogP contribution is -2.13. The summed E-state index contributed by atoms with van der Waals surface area (Å²) in [6, 6.07) is 11.2. The largest absolute Gasteiger partial charge is 0.497 e. The van der Waals surface area contributed by atoms with Crippen molar-refractivity contribution >= 4 is 34.1 Å². The number of hydrogen-bond donors (Lipinski definition) is 2. The first-order valence-electron chi connectivity index (χ1n) is 7.23. The average Bonchev–Trinajstić information content (AvgIpc) is 2.87. The molecule has 0 unspecified atom stereocenters. The third-order valence-electron chi connectivity index (χ3n) is 3.92. The maximum Gasteiger partial charge on any atom is 0.272 e. The number of aryl methyl sites for hydroxylation is 2. The fourth-order valence-corrected chi connectivity index (χ4v) is 2.72. The second kappa shape index (κ2) is 5.97.